The zero-order valence-electron chi connectivity index (χ0n) is 12.8. The van der Waals surface area contributed by atoms with Gasteiger partial charge in [-0.15, -0.1) is 42.2 Å². The molecule has 0 saturated carbocycles. The van der Waals surface area contributed by atoms with E-state index in [1.165, 1.54) is 19.3 Å². The molecule has 0 amide bonds. The highest BCUT2D eigenvalue weighted by atomic mass is 127. The third kappa shape index (κ3) is 5.53. The van der Waals surface area contributed by atoms with Crippen molar-refractivity contribution >= 4 is 41.7 Å². The molecule has 2 fully saturated rings. The molecule has 0 radical (unpaired) electrons. The molecule has 2 saturated heterocycles. The van der Waals surface area contributed by atoms with Crippen LogP contribution in [0.2, 0.25) is 0 Å². The standard InChI is InChI=1S/C15H25N3OS.HI/c1-3-11-20-12-7-17-14(16-2)18-8-4-15(13-18)5-9-19-10-6-15;/h1H,4-13H2,2H3,(H,16,17);1H. The minimum absolute atomic E-state index is 0. The molecule has 6 heteroatoms. The third-order valence-electron chi connectivity index (χ3n) is 4.22. The Labute approximate surface area is 149 Å². The van der Waals surface area contributed by atoms with E-state index in [1.807, 2.05) is 7.05 Å². The van der Waals surface area contributed by atoms with Gasteiger partial charge in [-0.3, -0.25) is 4.99 Å². The van der Waals surface area contributed by atoms with Gasteiger partial charge in [-0.1, -0.05) is 5.92 Å². The van der Waals surface area contributed by atoms with Gasteiger partial charge in [0.2, 0.25) is 0 Å². The summed E-state index contributed by atoms with van der Waals surface area (Å²) in [5.74, 6) is 5.49. The Balaban J connectivity index is 0.00000220. The second kappa shape index (κ2) is 9.80. The minimum Gasteiger partial charge on any atom is -0.381 e. The Morgan fingerprint density at radius 3 is 2.86 bits per heavy atom. The number of halogens is 1. The predicted molar refractivity (Wildman–Crippen MR) is 102 cm³/mol. The first-order valence-electron chi connectivity index (χ1n) is 7.34. The van der Waals surface area contributed by atoms with Crippen molar-refractivity contribution in [2.75, 3.05) is 51.4 Å². The summed E-state index contributed by atoms with van der Waals surface area (Å²) in [6, 6.07) is 0. The van der Waals surface area contributed by atoms with E-state index in [-0.39, 0.29) is 24.0 Å². The summed E-state index contributed by atoms with van der Waals surface area (Å²) in [6.07, 6.45) is 8.89. The average Bonchev–Trinajstić information content (AvgIpc) is 2.87. The fraction of sp³-hybridized carbons (Fsp3) is 0.800. The van der Waals surface area contributed by atoms with Crippen molar-refractivity contribution in [3.63, 3.8) is 0 Å². The van der Waals surface area contributed by atoms with Gasteiger partial charge in [0.25, 0.3) is 0 Å². The molecule has 0 atom stereocenters. The molecule has 0 aromatic carbocycles. The molecule has 4 nitrogen and oxygen atoms in total. The molecule has 0 bridgehead atoms. The van der Waals surface area contributed by atoms with E-state index >= 15 is 0 Å². The van der Waals surface area contributed by atoms with Gasteiger partial charge in [0, 0.05) is 45.6 Å². The van der Waals surface area contributed by atoms with E-state index < -0.39 is 0 Å². The number of hydrogen-bond donors (Lipinski definition) is 1. The first kappa shape index (κ1) is 18.9. The van der Waals surface area contributed by atoms with E-state index in [0.29, 0.717) is 5.41 Å². The molecule has 2 rings (SSSR count). The van der Waals surface area contributed by atoms with Gasteiger partial charge in [0.05, 0.1) is 5.75 Å². The van der Waals surface area contributed by atoms with Gasteiger partial charge in [-0.05, 0) is 24.7 Å². The Kier molecular flexibility index (Phi) is 8.83. The van der Waals surface area contributed by atoms with Gasteiger partial charge in [0.15, 0.2) is 5.96 Å². The zero-order valence-corrected chi connectivity index (χ0v) is 15.9. The molecule has 2 aliphatic heterocycles. The smallest absolute Gasteiger partial charge is 0.193 e. The molecular formula is C15H26IN3OS. The Bertz CT molecular complexity index is 378. The Hall–Kier alpha value is -0.130. The number of thioether (sulfide) groups is 1. The van der Waals surface area contributed by atoms with Crippen LogP contribution in [0.1, 0.15) is 19.3 Å². The average molecular weight is 423 g/mol. The highest BCUT2D eigenvalue weighted by molar-refractivity contribution is 14.0. The highest BCUT2D eigenvalue weighted by Crippen LogP contribution is 2.39. The maximum absolute atomic E-state index is 5.50. The largest absolute Gasteiger partial charge is 0.381 e. The fourth-order valence-electron chi connectivity index (χ4n) is 3.03. The Morgan fingerprint density at radius 2 is 2.19 bits per heavy atom. The van der Waals surface area contributed by atoms with Crippen LogP contribution in [0.25, 0.3) is 0 Å². The van der Waals surface area contributed by atoms with Crippen LogP contribution < -0.4 is 5.32 Å². The summed E-state index contributed by atoms with van der Waals surface area (Å²) in [5, 5.41) is 3.45. The van der Waals surface area contributed by atoms with E-state index in [1.54, 1.807) is 11.8 Å². The maximum atomic E-state index is 5.50. The van der Waals surface area contributed by atoms with E-state index in [2.05, 4.69) is 21.1 Å². The quantitative estimate of drug-likeness (QED) is 0.247. The van der Waals surface area contributed by atoms with Crippen molar-refractivity contribution in [1.82, 2.24) is 10.2 Å². The van der Waals surface area contributed by atoms with Crippen LogP contribution >= 0.6 is 35.7 Å². The lowest BCUT2D eigenvalue weighted by Crippen LogP contribution is -2.42. The van der Waals surface area contributed by atoms with Crippen molar-refractivity contribution in [2.45, 2.75) is 19.3 Å². The number of nitrogens with zero attached hydrogens (tertiary/aromatic N) is 2. The number of rotatable bonds is 4. The van der Waals surface area contributed by atoms with Gasteiger partial charge in [-0.25, -0.2) is 0 Å². The third-order valence-corrected chi connectivity index (χ3v) is 5.08. The summed E-state index contributed by atoms with van der Waals surface area (Å²) in [5.41, 5.74) is 0.466. The van der Waals surface area contributed by atoms with Crippen LogP contribution in [0.15, 0.2) is 4.99 Å². The van der Waals surface area contributed by atoms with Crippen molar-refractivity contribution in [3.05, 3.63) is 0 Å². The molecule has 21 heavy (non-hydrogen) atoms. The maximum Gasteiger partial charge on any atom is 0.193 e. The second-order valence-electron chi connectivity index (χ2n) is 5.51. The molecule has 0 aromatic heterocycles. The molecule has 0 aliphatic carbocycles. The van der Waals surface area contributed by atoms with Gasteiger partial charge in [0.1, 0.15) is 0 Å². The number of ether oxygens (including phenoxy) is 1. The minimum atomic E-state index is 0. The van der Waals surface area contributed by atoms with Crippen LogP contribution in [0.3, 0.4) is 0 Å². The molecular weight excluding hydrogens is 397 g/mol. The van der Waals surface area contributed by atoms with Crippen LogP contribution in [0, 0.1) is 17.8 Å². The second-order valence-corrected chi connectivity index (χ2v) is 6.62. The van der Waals surface area contributed by atoms with E-state index in [4.69, 9.17) is 11.2 Å². The first-order valence-corrected chi connectivity index (χ1v) is 8.50. The lowest BCUT2D eigenvalue weighted by molar-refractivity contribution is 0.0218. The summed E-state index contributed by atoms with van der Waals surface area (Å²) in [4.78, 5) is 6.82. The van der Waals surface area contributed by atoms with Gasteiger partial charge >= 0.3 is 0 Å². The zero-order chi connectivity index (χ0) is 14.3. The van der Waals surface area contributed by atoms with Gasteiger partial charge in [-0.2, -0.15) is 0 Å². The van der Waals surface area contributed by atoms with Crippen LogP contribution in [-0.2, 0) is 4.74 Å². The molecule has 2 heterocycles. The fourth-order valence-corrected chi connectivity index (χ4v) is 3.54. The number of likely N-dealkylation sites (tertiary alicyclic amines) is 1. The Morgan fingerprint density at radius 1 is 1.43 bits per heavy atom. The topological polar surface area (TPSA) is 36.9 Å². The number of nitrogens with one attached hydrogen (secondary N) is 1. The SMILES string of the molecule is C#CCSCCNC(=NC)N1CCC2(CCOCC2)C1.I. The van der Waals surface area contributed by atoms with Crippen molar-refractivity contribution < 1.29 is 4.74 Å². The monoisotopic (exact) mass is 423 g/mol. The number of hydrogen-bond acceptors (Lipinski definition) is 3. The van der Waals surface area contributed by atoms with Crippen LogP contribution in [0.5, 0.6) is 0 Å². The summed E-state index contributed by atoms with van der Waals surface area (Å²) >= 11 is 1.78. The summed E-state index contributed by atoms with van der Waals surface area (Å²) in [6.45, 7) is 4.99. The van der Waals surface area contributed by atoms with E-state index in [9.17, 15) is 0 Å². The lowest BCUT2D eigenvalue weighted by Gasteiger charge is -2.33. The van der Waals surface area contributed by atoms with Crippen molar-refractivity contribution in [1.29, 1.82) is 0 Å². The molecule has 2 aliphatic rings. The molecule has 0 aromatic rings. The molecule has 1 N–H and O–H groups in total. The van der Waals surface area contributed by atoms with E-state index in [0.717, 1.165) is 50.3 Å². The first-order chi connectivity index (χ1) is 9.79. The molecule has 0 unspecified atom stereocenters. The van der Waals surface area contributed by atoms with Gasteiger partial charge < -0.3 is 15.0 Å². The van der Waals surface area contributed by atoms with Crippen molar-refractivity contribution in [2.24, 2.45) is 10.4 Å². The van der Waals surface area contributed by atoms with Crippen molar-refractivity contribution in [3.8, 4) is 12.3 Å². The molecule has 1 spiro atoms. The number of terminal acetylenes is 1. The van der Waals surface area contributed by atoms with Crippen LogP contribution in [0.4, 0.5) is 0 Å². The number of guanidine groups is 1. The normalized spacial score (nSPS) is 21.0. The molecule has 120 valence electrons. The highest BCUT2D eigenvalue weighted by Gasteiger charge is 2.40. The summed E-state index contributed by atoms with van der Waals surface area (Å²) in [7, 11) is 1.87. The lowest BCUT2D eigenvalue weighted by atomic mass is 9.80. The summed E-state index contributed by atoms with van der Waals surface area (Å²) < 4.78 is 5.50. The van der Waals surface area contributed by atoms with Crippen LogP contribution in [-0.4, -0.2) is 62.3 Å². The number of aliphatic imine (C=N–C) groups is 1. The predicted octanol–water partition coefficient (Wildman–Crippen LogP) is 2.05.